The Morgan fingerprint density at radius 3 is 2.12 bits per heavy atom. The molecular weight excluding hydrogens is 502 g/mol. The van der Waals surface area contributed by atoms with Gasteiger partial charge in [-0.3, -0.25) is 0 Å². The van der Waals surface area contributed by atoms with Crippen molar-refractivity contribution in [3.05, 3.63) is 149 Å². The molecule has 0 unspecified atom stereocenters. The molecule has 0 aromatic heterocycles. The van der Waals surface area contributed by atoms with E-state index in [1.165, 1.54) is 5.39 Å². The third-order valence-corrected chi connectivity index (χ3v) is 7.24. The van der Waals surface area contributed by atoms with Crippen LogP contribution in [0.25, 0.3) is 38.5 Å². The number of ether oxygens (including phenoxy) is 1. The van der Waals surface area contributed by atoms with Gasteiger partial charge in [0.25, 0.3) is 0 Å². The Bertz CT molecular complexity index is 1990. The van der Waals surface area contributed by atoms with E-state index < -0.39 is 0 Å². The largest absolute Gasteiger partial charge is 0.497 e. The molecule has 0 aliphatic carbocycles. The number of nitriles is 1. The highest BCUT2D eigenvalue weighted by molar-refractivity contribution is 6.02. The van der Waals surface area contributed by atoms with Gasteiger partial charge in [-0.05, 0) is 75.8 Å². The average molecular weight is 528 g/mol. The second-order valence-corrected chi connectivity index (χ2v) is 9.58. The summed E-state index contributed by atoms with van der Waals surface area (Å²) in [5.41, 5.74) is 6.11. The van der Waals surface area contributed by atoms with E-state index in [2.05, 4.69) is 94.7 Å². The Labute approximate surface area is 239 Å². The molecule has 0 bridgehead atoms. The third-order valence-electron chi connectivity index (χ3n) is 7.24. The van der Waals surface area contributed by atoms with Crippen LogP contribution in [0, 0.1) is 17.9 Å². The zero-order chi connectivity index (χ0) is 28.2. The Kier molecular flexibility index (Phi) is 6.89. The topological polar surface area (TPSA) is 40.6 Å². The van der Waals surface area contributed by atoms with Gasteiger partial charge in [-0.2, -0.15) is 5.26 Å². The van der Waals surface area contributed by atoms with Crippen molar-refractivity contribution in [2.24, 2.45) is 0 Å². The molecule has 0 N–H and O–H groups in total. The Balaban J connectivity index is 1.38. The minimum Gasteiger partial charge on any atom is -0.497 e. The second-order valence-electron chi connectivity index (χ2n) is 9.58. The standard InChI is InChI=1S/C37H25N3O/c1-39-37-28(17-24-33-29(25-38)9-5-11-35(33)37)16-13-26-14-18-30(19-15-26)40(31-20-22-32(41-2)23-21-31)36-12-6-8-27-7-3-4-10-34(27)36/h3-24H,2H3. The molecule has 6 rings (SSSR count). The molecule has 0 amide bonds. The molecule has 4 nitrogen and oxygen atoms in total. The van der Waals surface area contributed by atoms with Crippen molar-refractivity contribution >= 4 is 56.4 Å². The number of fused-ring (bicyclic) bond motifs is 2. The van der Waals surface area contributed by atoms with Gasteiger partial charge in [0.1, 0.15) is 5.75 Å². The predicted molar refractivity (Wildman–Crippen MR) is 169 cm³/mol. The molecule has 194 valence electrons. The fraction of sp³-hybridized carbons (Fsp3) is 0.0270. The monoisotopic (exact) mass is 527 g/mol. The van der Waals surface area contributed by atoms with Crippen LogP contribution in [0.2, 0.25) is 0 Å². The smallest absolute Gasteiger partial charge is 0.202 e. The van der Waals surface area contributed by atoms with Gasteiger partial charge in [0.2, 0.25) is 5.69 Å². The normalized spacial score (nSPS) is 10.9. The molecule has 6 aromatic rings. The van der Waals surface area contributed by atoms with Crippen molar-refractivity contribution in [3.8, 4) is 11.8 Å². The van der Waals surface area contributed by atoms with Crippen LogP contribution in [0.5, 0.6) is 5.75 Å². The first kappa shape index (κ1) is 25.4. The summed E-state index contributed by atoms with van der Waals surface area (Å²) in [5.74, 6) is 0.809. The molecule has 0 atom stereocenters. The van der Waals surface area contributed by atoms with Gasteiger partial charge in [-0.25, -0.2) is 4.85 Å². The first-order valence-electron chi connectivity index (χ1n) is 13.2. The van der Waals surface area contributed by atoms with Gasteiger partial charge in [0, 0.05) is 16.8 Å². The SMILES string of the molecule is [C-]#[N+]c1c(C=Cc2ccc(N(c3ccc(OC)cc3)c3cccc4ccccc34)cc2)ccc2c(C#N)cccc12. The minimum absolute atomic E-state index is 0.550. The van der Waals surface area contributed by atoms with Gasteiger partial charge < -0.3 is 9.64 Å². The molecule has 0 radical (unpaired) electrons. The summed E-state index contributed by atoms with van der Waals surface area (Å²) in [5, 5.41) is 13.4. The molecule has 0 spiro atoms. The highest BCUT2D eigenvalue weighted by atomic mass is 16.5. The fourth-order valence-corrected chi connectivity index (χ4v) is 5.20. The van der Waals surface area contributed by atoms with Crippen LogP contribution >= 0.6 is 0 Å². The van der Waals surface area contributed by atoms with E-state index in [1.54, 1.807) is 13.2 Å². The highest BCUT2D eigenvalue weighted by Gasteiger charge is 2.15. The fourth-order valence-electron chi connectivity index (χ4n) is 5.20. The lowest BCUT2D eigenvalue weighted by atomic mass is 9.99. The molecule has 0 aliphatic rings. The van der Waals surface area contributed by atoms with E-state index in [0.717, 1.165) is 50.1 Å². The Morgan fingerprint density at radius 2 is 1.39 bits per heavy atom. The summed E-state index contributed by atoms with van der Waals surface area (Å²) in [6.07, 6.45) is 3.98. The average Bonchev–Trinajstić information content (AvgIpc) is 3.04. The number of benzene rings is 6. The predicted octanol–water partition coefficient (Wildman–Crippen LogP) is 10.1. The number of hydrogen-bond acceptors (Lipinski definition) is 3. The van der Waals surface area contributed by atoms with Crippen molar-refractivity contribution in [2.45, 2.75) is 0 Å². The van der Waals surface area contributed by atoms with E-state index in [9.17, 15) is 5.26 Å². The van der Waals surface area contributed by atoms with Crippen LogP contribution in [-0.4, -0.2) is 7.11 Å². The van der Waals surface area contributed by atoms with Crippen LogP contribution in [-0.2, 0) is 0 Å². The number of nitrogens with zero attached hydrogens (tertiary/aromatic N) is 3. The number of anilines is 3. The van der Waals surface area contributed by atoms with Crippen LogP contribution in [0.4, 0.5) is 22.7 Å². The molecule has 6 aromatic carbocycles. The third kappa shape index (κ3) is 4.87. The lowest BCUT2D eigenvalue weighted by Crippen LogP contribution is -2.10. The minimum atomic E-state index is 0.550. The van der Waals surface area contributed by atoms with E-state index in [1.807, 2.05) is 48.6 Å². The zero-order valence-electron chi connectivity index (χ0n) is 22.5. The maximum Gasteiger partial charge on any atom is 0.202 e. The van der Waals surface area contributed by atoms with Crippen LogP contribution in [0.15, 0.2) is 121 Å². The maximum absolute atomic E-state index is 9.45. The lowest BCUT2D eigenvalue weighted by molar-refractivity contribution is 0.415. The summed E-state index contributed by atoms with van der Waals surface area (Å²) in [4.78, 5) is 6.05. The number of methoxy groups -OCH3 is 1. The van der Waals surface area contributed by atoms with Gasteiger partial charge >= 0.3 is 0 Å². The van der Waals surface area contributed by atoms with Gasteiger partial charge in [-0.1, -0.05) is 84.9 Å². The van der Waals surface area contributed by atoms with Crippen molar-refractivity contribution < 1.29 is 4.74 Å². The molecule has 0 fully saturated rings. The van der Waals surface area contributed by atoms with E-state index in [4.69, 9.17) is 11.3 Å². The molecule has 0 saturated carbocycles. The summed E-state index contributed by atoms with van der Waals surface area (Å²) >= 11 is 0. The maximum atomic E-state index is 9.45. The zero-order valence-corrected chi connectivity index (χ0v) is 22.5. The summed E-state index contributed by atoms with van der Waals surface area (Å²) < 4.78 is 5.40. The second kappa shape index (κ2) is 11.1. The van der Waals surface area contributed by atoms with E-state index >= 15 is 0 Å². The van der Waals surface area contributed by atoms with Crippen LogP contribution < -0.4 is 9.64 Å². The Hall–Kier alpha value is -5.84. The van der Waals surface area contributed by atoms with Crippen molar-refractivity contribution in [3.63, 3.8) is 0 Å². The number of hydrogen-bond donors (Lipinski definition) is 0. The van der Waals surface area contributed by atoms with E-state index in [-0.39, 0.29) is 0 Å². The molecule has 4 heteroatoms. The molecule has 0 saturated heterocycles. The van der Waals surface area contributed by atoms with Crippen LogP contribution in [0.1, 0.15) is 16.7 Å². The van der Waals surface area contributed by atoms with Gasteiger partial charge in [-0.15, -0.1) is 0 Å². The van der Waals surface area contributed by atoms with Crippen molar-refractivity contribution in [1.29, 1.82) is 5.26 Å². The van der Waals surface area contributed by atoms with Crippen molar-refractivity contribution in [2.75, 3.05) is 12.0 Å². The molecule has 0 aliphatic heterocycles. The summed E-state index contributed by atoms with van der Waals surface area (Å²) in [6.45, 7) is 7.79. The number of rotatable bonds is 6. The van der Waals surface area contributed by atoms with Gasteiger partial charge in [0.05, 0.1) is 31.0 Å². The molecule has 0 heterocycles. The lowest BCUT2D eigenvalue weighted by Gasteiger charge is -2.27. The van der Waals surface area contributed by atoms with Gasteiger partial charge in [0.15, 0.2) is 0 Å². The van der Waals surface area contributed by atoms with Crippen LogP contribution in [0.3, 0.4) is 0 Å². The van der Waals surface area contributed by atoms with Crippen molar-refractivity contribution in [1.82, 2.24) is 0 Å². The molecular formula is C37H25N3O. The quantitative estimate of drug-likeness (QED) is 0.160. The molecule has 41 heavy (non-hydrogen) atoms. The summed E-state index contributed by atoms with van der Waals surface area (Å²) in [6, 6.07) is 42.8. The summed E-state index contributed by atoms with van der Waals surface area (Å²) in [7, 11) is 1.67. The van der Waals surface area contributed by atoms with E-state index in [0.29, 0.717) is 11.3 Å². The highest BCUT2D eigenvalue weighted by Crippen LogP contribution is 2.39. The first-order chi connectivity index (χ1) is 20.2. The first-order valence-corrected chi connectivity index (χ1v) is 13.2. The Morgan fingerprint density at radius 1 is 0.707 bits per heavy atom.